The number of rotatable bonds is 3. The van der Waals surface area contributed by atoms with Crippen molar-refractivity contribution in [1.82, 2.24) is 9.97 Å². The van der Waals surface area contributed by atoms with Gasteiger partial charge in [-0.05, 0) is 26.7 Å². The van der Waals surface area contributed by atoms with Gasteiger partial charge in [-0.15, -0.1) is 0 Å². The van der Waals surface area contributed by atoms with Gasteiger partial charge in [0.25, 0.3) is 0 Å². The average molecular weight is 206 g/mol. The van der Waals surface area contributed by atoms with Crippen LogP contribution in [-0.2, 0) is 0 Å². The van der Waals surface area contributed by atoms with E-state index in [4.69, 9.17) is 0 Å². The maximum atomic E-state index is 4.25. The first-order chi connectivity index (χ1) is 6.99. The van der Waals surface area contributed by atoms with Gasteiger partial charge in [-0.25, -0.2) is 9.97 Å². The minimum absolute atomic E-state index is 0.446. The fraction of sp³-hybridized carbons (Fsp3) is 0.545. The highest BCUT2D eigenvalue weighted by atomic mass is 15.3. The Kier molecular flexibility index (Phi) is 3.77. The molecular formula is C11H18N4. The molecule has 0 unspecified atom stereocenters. The maximum absolute atomic E-state index is 4.25. The maximum Gasteiger partial charge on any atom is 0.150 e. The van der Waals surface area contributed by atoms with E-state index in [0.29, 0.717) is 5.92 Å². The van der Waals surface area contributed by atoms with Crippen LogP contribution >= 0.6 is 0 Å². The molecule has 0 saturated heterocycles. The molecule has 1 aromatic rings. The number of anilines is 1. The molecule has 1 aromatic heterocycles. The van der Waals surface area contributed by atoms with Gasteiger partial charge in [0, 0.05) is 17.5 Å². The van der Waals surface area contributed by atoms with Crippen molar-refractivity contribution in [3.63, 3.8) is 0 Å². The highest BCUT2D eigenvalue weighted by molar-refractivity contribution is 5.84. The predicted octanol–water partition coefficient (Wildman–Crippen LogP) is 2.54. The third-order valence-electron chi connectivity index (χ3n) is 2.15. The minimum Gasteiger partial charge on any atom is -0.261 e. The number of nitrogens with zero attached hydrogens (tertiary/aromatic N) is 3. The Labute approximate surface area is 90.8 Å². The molecule has 0 aromatic carbocycles. The van der Waals surface area contributed by atoms with Crippen molar-refractivity contribution in [3.8, 4) is 0 Å². The molecule has 0 radical (unpaired) electrons. The number of aromatic nitrogens is 2. The van der Waals surface area contributed by atoms with Crippen molar-refractivity contribution < 1.29 is 0 Å². The second-order valence-corrected chi connectivity index (χ2v) is 3.96. The summed E-state index contributed by atoms with van der Waals surface area (Å²) < 4.78 is 0. The summed E-state index contributed by atoms with van der Waals surface area (Å²) in [7, 11) is 0. The van der Waals surface area contributed by atoms with Crippen LogP contribution < -0.4 is 5.43 Å². The summed E-state index contributed by atoms with van der Waals surface area (Å²) in [5, 5.41) is 4.25. The first kappa shape index (κ1) is 11.6. The standard InChI is InChI=1S/C11H18N4/c1-7(2)9(4)14-15-11-6-8(3)12-10(5)13-11/h6-7H,1-5H3,(H,12,13,15). The van der Waals surface area contributed by atoms with Crippen molar-refractivity contribution >= 4 is 11.5 Å². The SMILES string of the molecule is CC(=NNc1cc(C)nc(C)n1)C(C)C. The monoisotopic (exact) mass is 206 g/mol. The number of hydrogen-bond acceptors (Lipinski definition) is 4. The van der Waals surface area contributed by atoms with Gasteiger partial charge in [-0.1, -0.05) is 13.8 Å². The third-order valence-corrected chi connectivity index (χ3v) is 2.15. The molecule has 0 aliphatic rings. The lowest BCUT2D eigenvalue weighted by Crippen LogP contribution is -2.06. The Bertz CT molecular complexity index is 349. The Morgan fingerprint density at radius 3 is 2.53 bits per heavy atom. The van der Waals surface area contributed by atoms with E-state index in [2.05, 4.69) is 34.3 Å². The van der Waals surface area contributed by atoms with Crippen LogP contribution in [0, 0.1) is 19.8 Å². The van der Waals surface area contributed by atoms with Crippen LogP contribution in [0.1, 0.15) is 32.3 Å². The zero-order valence-electron chi connectivity index (χ0n) is 10.00. The van der Waals surface area contributed by atoms with Crippen LogP contribution in [0.4, 0.5) is 5.82 Å². The van der Waals surface area contributed by atoms with Gasteiger partial charge in [0.15, 0.2) is 0 Å². The quantitative estimate of drug-likeness (QED) is 0.610. The summed E-state index contributed by atoms with van der Waals surface area (Å²) in [6.45, 7) is 10.0. The summed E-state index contributed by atoms with van der Waals surface area (Å²) in [4.78, 5) is 8.43. The molecule has 15 heavy (non-hydrogen) atoms. The van der Waals surface area contributed by atoms with Gasteiger partial charge in [0.2, 0.25) is 0 Å². The fourth-order valence-corrected chi connectivity index (χ4v) is 1.05. The first-order valence-corrected chi connectivity index (χ1v) is 5.11. The molecule has 0 bridgehead atoms. The van der Waals surface area contributed by atoms with Gasteiger partial charge in [0.1, 0.15) is 11.6 Å². The van der Waals surface area contributed by atoms with Crippen LogP contribution in [-0.4, -0.2) is 15.7 Å². The molecule has 1 rings (SSSR count). The van der Waals surface area contributed by atoms with Gasteiger partial charge < -0.3 is 0 Å². The second kappa shape index (κ2) is 4.87. The predicted molar refractivity (Wildman–Crippen MR) is 63.1 cm³/mol. The summed E-state index contributed by atoms with van der Waals surface area (Å²) in [5.74, 6) is 1.96. The summed E-state index contributed by atoms with van der Waals surface area (Å²) in [6, 6.07) is 1.88. The molecule has 4 heteroatoms. The lowest BCUT2D eigenvalue weighted by molar-refractivity contribution is 0.873. The summed E-state index contributed by atoms with van der Waals surface area (Å²) >= 11 is 0. The van der Waals surface area contributed by atoms with Crippen molar-refractivity contribution in [2.24, 2.45) is 11.0 Å². The molecule has 1 heterocycles. The van der Waals surface area contributed by atoms with Gasteiger partial charge in [0.05, 0.1) is 0 Å². The minimum atomic E-state index is 0.446. The van der Waals surface area contributed by atoms with Crippen LogP contribution in [0.25, 0.3) is 0 Å². The van der Waals surface area contributed by atoms with Crippen molar-refractivity contribution in [1.29, 1.82) is 0 Å². The smallest absolute Gasteiger partial charge is 0.150 e. The van der Waals surface area contributed by atoms with Gasteiger partial charge in [-0.2, -0.15) is 5.10 Å². The van der Waals surface area contributed by atoms with E-state index < -0.39 is 0 Å². The molecule has 0 aliphatic heterocycles. The molecule has 0 fully saturated rings. The molecule has 0 spiro atoms. The Balaban J connectivity index is 2.77. The third kappa shape index (κ3) is 3.65. The van der Waals surface area contributed by atoms with Gasteiger partial charge in [-0.3, -0.25) is 5.43 Å². The van der Waals surface area contributed by atoms with Crippen molar-refractivity contribution in [3.05, 3.63) is 17.6 Å². The molecule has 1 N–H and O–H groups in total. The van der Waals surface area contributed by atoms with E-state index in [1.165, 1.54) is 0 Å². The van der Waals surface area contributed by atoms with E-state index in [-0.39, 0.29) is 0 Å². The average Bonchev–Trinajstić information content (AvgIpc) is 2.12. The van der Waals surface area contributed by atoms with Crippen LogP contribution in [0.3, 0.4) is 0 Å². The van der Waals surface area contributed by atoms with Crippen molar-refractivity contribution in [2.75, 3.05) is 5.43 Å². The Morgan fingerprint density at radius 1 is 1.33 bits per heavy atom. The molecule has 4 nitrogen and oxygen atoms in total. The lowest BCUT2D eigenvalue weighted by Gasteiger charge is -2.06. The van der Waals surface area contributed by atoms with Crippen LogP contribution in [0.2, 0.25) is 0 Å². The highest BCUT2D eigenvalue weighted by Crippen LogP contribution is 2.06. The fourth-order valence-electron chi connectivity index (χ4n) is 1.05. The van der Waals surface area contributed by atoms with E-state index >= 15 is 0 Å². The molecule has 0 amide bonds. The normalized spacial score (nSPS) is 12.0. The molecule has 0 aliphatic carbocycles. The zero-order valence-corrected chi connectivity index (χ0v) is 10.00. The number of hydrazone groups is 1. The number of hydrogen-bond donors (Lipinski definition) is 1. The van der Waals surface area contributed by atoms with Crippen molar-refractivity contribution in [2.45, 2.75) is 34.6 Å². The topological polar surface area (TPSA) is 50.2 Å². The van der Waals surface area contributed by atoms with E-state index in [9.17, 15) is 0 Å². The highest BCUT2D eigenvalue weighted by Gasteiger charge is 1.99. The van der Waals surface area contributed by atoms with Crippen LogP contribution in [0.15, 0.2) is 11.2 Å². The van der Waals surface area contributed by atoms with E-state index in [0.717, 1.165) is 23.0 Å². The van der Waals surface area contributed by atoms with Crippen LogP contribution in [0.5, 0.6) is 0 Å². The molecule has 0 saturated carbocycles. The molecule has 0 atom stereocenters. The first-order valence-electron chi connectivity index (χ1n) is 5.11. The lowest BCUT2D eigenvalue weighted by atomic mass is 10.1. The molecular weight excluding hydrogens is 188 g/mol. The van der Waals surface area contributed by atoms with E-state index in [1.807, 2.05) is 26.8 Å². The zero-order chi connectivity index (χ0) is 11.4. The molecule has 82 valence electrons. The Morgan fingerprint density at radius 2 is 2.00 bits per heavy atom. The summed E-state index contributed by atoms with van der Waals surface area (Å²) in [5.41, 5.74) is 4.95. The van der Waals surface area contributed by atoms with E-state index in [1.54, 1.807) is 0 Å². The number of nitrogens with one attached hydrogen (secondary N) is 1. The summed E-state index contributed by atoms with van der Waals surface area (Å²) in [6.07, 6.45) is 0. The largest absolute Gasteiger partial charge is 0.261 e. The Hall–Kier alpha value is -1.45. The van der Waals surface area contributed by atoms with Gasteiger partial charge >= 0.3 is 0 Å². The second-order valence-electron chi connectivity index (χ2n) is 3.96. The number of aryl methyl sites for hydroxylation is 2.